The van der Waals surface area contributed by atoms with Crippen LogP contribution in [0.15, 0.2) is 30.9 Å². The first kappa shape index (κ1) is 11.3. The number of aromatic nitrogens is 2. The van der Waals surface area contributed by atoms with Gasteiger partial charge in [0.25, 0.3) is 0 Å². The van der Waals surface area contributed by atoms with Crippen molar-refractivity contribution >= 4 is 11.6 Å². The third-order valence-electron chi connectivity index (χ3n) is 2.66. The van der Waals surface area contributed by atoms with E-state index in [1.807, 2.05) is 0 Å². The van der Waals surface area contributed by atoms with Crippen LogP contribution in [0, 0.1) is 0 Å². The van der Waals surface area contributed by atoms with Crippen LogP contribution < -0.4 is 9.47 Å². The van der Waals surface area contributed by atoms with Crippen molar-refractivity contribution in [2.75, 3.05) is 6.79 Å². The molecule has 1 aliphatic rings. The van der Waals surface area contributed by atoms with Crippen LogP contribution in [-0.4, -0.2) is 21.9 Å². The summed E-state index contributed by atoms with van der Waals surface area (Å²) in [6, 6.07) is 3.35. The zero-order valence-corrected chi connectivity index (χ0v) is 9.96. The molecule has 1 unspecified atom stereocenters. The fourth-order valence-electron chi connectivity index (χ4n) is 1.79. The van der Waals surface area contributed by atoms with Gasteiger partial charge >= 0.3 is 0 Å². The Morgan fingerprint density at radius 2 is 1.94 bits per heavy atom. The highest BCUT2D eigenvalue weighted by Crippen LogP contribution is 2.41. The van der Waals surface area contributed by atoms with Gasteiger partial charge < -0.3 is 14.6 Å². The molecular formula is C12H9ClN2O3. The minimum absolute atomic E-state index is 0.142. The maximum Gasteiger partial charge on any atom is 0.231 e. The number of fused-ring (bicyclic) bond motifs is 1. The SMILES string of the molecule is OC(c1cncnc1)c1cc(Cl)c2c(c1)OCO2. The molecule has 0 radical (unpaired) electrons. The summed E-state index contributed by atoms with van der Waals surface area (Å²) < 4.78 is 10.5. The quantitative estimate of drug-likeness (QED) is 0.898. The monoisotopic (exact) mass is 264 g/mol. The van der Waals surface area contributed by atoms with E-state index in [0.29, 0.717) is 27.6 Å². The molecule has 0 spiro atoms. The lowest BCUT2D eigenvalue weighted by Crippen LogP contribution is -2.01. The number of halogens is 1. The molecule has 1 N–H and O–H groups in total. The lowest BCUT2D eigenvalue weighted by atomic mass is 10.0. The summed E-state index contributed by atoms with van der Waals surface area (Å²) in [7, 11) is 0. The minimum Gasteiger partial charge on any atom is -0.454 e. The molecule has 6 heteroatoms. The van der Waals surface area contributed by atoms with Gasteiger partial charge in [-0.1, -0.05) is 11.6 Å². The smallest absolute Gasteiger partial charge is 0.231 e. The number of benzene rings is 1. The summed E-state index contributed by atoms with van der Waals surface area (Å²) in [5, 5.41) is 10.6. The highest BCUT2D eigenvalue weighted by atomic mass is 35.5. The van der Waals surface area contributed by atoms with E-state index < -0.39 is 6.10 Å². The first-order valence-corrected chi connectivity index (χ1v) is 5.65. The van der Waals surface area contributed by atoms with Gasteiger partial charge in [0.2, 0.25) is 6.79 Å². The molecule has 1 aromatic carbocycles. The Balaban J connectivity index is 2.00. The highest BCUT2D eigenvalue weighted by molar-refractivity contribution is 6.32. The van der Waals surface area contributed by atoms with Crippen LogP contribution in [0.3, 0.4) is 0 Å². The van der Waals surface area contributed by atoms with Crippen LogP contribution >= 0.6 is 11.6 Å². The van der Waals surface area contributed by atoms with Gasteiger partial charge in [0.15, 0.2) is 11.5 Å². The Labute approximate surface area is 108 Å². The van der Waals surface area contributed by atoms with Crippen molar-refractivity contribution in [1.82, 2.24) is 9.97 Å². The first-order valence-electron chi connectivity index (χ1n) is 5.27. The molecule has 0 amide bonds. The average molecular weight is 265 g/mol. The van der Waals surface area contributed by atoms with Crippen LogP contribution in [0.2, 0.25) is 5.02 Å². The number of ether oxygens (including phenoxy) is 2. The lowest BCUT2D eigenvalue weighted by Gasteiger charge is -2.11. The summed E-state index contributed by atoms with van der Waals surface area (Å²) in [6.45, 7) is 0.142. The molecular weight excluding hydrogens is 256 g/mol. The van der Waals surface area contributed by atoms with E-state index in [2.05, 4.69) is 9.97 Å². The minimum atomic E-state index is -0.849. The number of hydrogen-bond acceptors (Lipinski definition) is 5. The van der Waals surface area contributed by atoms with Crippen molar-refractivity contribution in [3.8, 4) is 11.5 Å². The number of aliphatic hydroxyl groups excluding tert-OH is 1. The van der Waals surface area contributed by atoms with E-state index in [1.165, 1.54) is 6.33 Å². The van der Waals surface area contributed by atoms with Crippen molar-refractivity contribution in [2.24, 2.45) is 0 Å². The summed E-state index contributed by atoms with van der Waals surface area (Å²) in [5.41, 5.74) is 1.20. The second-order valence-corrected chi connectivity index (χ2v) is 4.22. The molecule has 2 heterocycles. The predicted octanol–water partition coefficient (Wildman–Crippen LogP) is 1.94. The fraction of sp³-hybridized carbons (Fsp3) is 0.167. The molecule has 1 aromatic heterocycles. The van der Waals surface area contributed by atoms with E-state index in [4.69, 9.17) is 21.1 Å². The van der Waals surface area contributed by atoms with Crippen molar-refractivity contribution in [3.05, 3.63) is 47.0 Å². The van der Waals surface area contributed by atoms with Crippen LogP contribution in [0.25, 0.3) is 0 Å². The topological polar surface area (TPSA) is 64.5 Å². The molecule has 0 fully saturated rings. The zero-order valence-electron chi connectivity index (χ0n) is 9.21. The Morgan fingerprint density at radius 3 is 2.72 bits per heavy atom. The summed E-state index contributed by atoms with van der Waals surface area (Å²) in [4.78, 5) is 7.73. The maximum atomic E-state index is 10.2. The molecule has 3 rings (SSSR count). The normalized spacial score (nSPS) is 14.6. The summed E-state index contributed by atoms with van der Waals surface area (Å²) in [5.74, 6) is 1.05. The second kappa shape index (κ2) is 4.44. The van der Waals surface area contributed by atoms with E-state index in [0.717, 1.165) is 0 Å². The second-order valence-electron chi connectivity index (χ2n) is 3.81. The molecule has 2 aromatic rings. The van der Waals surface area contributed by atoms with Gasteiger partial charge in [-0.15, -0.1) is 0 Å². The Hall–Kier alpha value is -1.85. The maximum absolute atomic E-state index is 10.2. The van der Waals surface area contributed by atoms with Gasteiger partial charge in [0, 0.05) is 18.0 Å². The third kappa shape index (κ3) is 1.87. The van der Waals surface area contributed by atoms with Gasteiger partial charge in [-0.05, 0) is 17.7 Å². The van der Waals surface area contributed by atoms with Crippen molar-refractivity contribution in [2.45, 2.75) is 6.10 Å². The Bertz CT molecular complexity index is 577. The van der Waals surface area contributed by atoms with Gasteiger partial charge in [-0.25, -0.2) is 9.97 Å². The predicted molar refractivity (Wildman–Crippen MR) is 63.7 cm³/mol. The molecule has 0 bridgehead atoms. The largest absolute Gasteiger partial charge is 0.454 e. The highest BCUT2D eigenvalue weighted by Gasteiger charge is 2.21. The molecule has 0 saturated heterocycles. The van der Waals surface area contributed by atoms with Crippen molar-refractivity contribution in [3.63, 3.8) is 0 Å². The number of aliphatic hydroxyl groups is 1. The van der Waals surface area contributed by atoms with Gasteiger partial charge in [-0.3, -0.25) is 0 Å². The third-order valence-corrected chi connectivity index (χ3v) is 2.94. The summed E-state index contributed by atoms with van der Waals surface area (Å²) >= 11 is 6.06. The van der Waals surface area contributed by atoms with Crippen molar-refractivity contribution in [1.29, 1.82) is 0 Å². The van der Waals surface area contributed by atoms with E-state index >= 15 is 0 Å². The van der Waals surface area contributed by atoms with E-state index in [-0.39, 0.29) is 6.79 Å². The molecule has 1 atom stereocenters. The van der Waals surface area contributed by atoms with Crippen LogP contribution in [0.4, 0.5) is 0 Å². The fourth-order valence-corrected chi connectivity index (χ4v) is 2.06. The lowest BCUT2D eigenvalue weighted by molar-refractivity contribution is 0.173. The molecule has 5 nitrogen and oxygen atoms in total. The average Bonchev–Trinajstić information content (AvgIpc) is 2.88. The number of nitrogens with zero attached hydrogens (tertiary/aromatic N) is 2. The molecule has 1 aliphatic heterocycles. The van der Waals surface area contributed by atoms with Gasteiger partial charge in [0.1, 0.15) is 12.4 Å². The zero-order chi connectivity index (χ0) is 12.5. The first-order chi connectivity index (χ1) is 8.75. The Kier molecular flexibility index (Phi) is 2.77. The molecule has 92 valence electrons. The van der Waals surface area contributed by atoms with E-state index in [9.17, 15) is 5.11 Å². The van der Waals surface area contributed by atoms with Gasteiger partial charge in [-0.2, -0.15) is 0 Å². The van der Waals surface area contributed by atoms with Crippen LogP contribution in [-0.2, 0) is 0 Å². The van der Waals surface area contributed by atoms with E-state index in [1.54, 1.807) is 24.5 Å². The van der Waals surface area contributed by atoms with Crippen LogP contribution in [0.1, 0.15) is 17.2 Å². The van der Waals surface area contributed by atoms with Crippen LogP contribution in [0.5, 0.6) is 11.5 Å². The van der Waals surface area contributed by atoms with Gasteiger partial charge in [0.05, 0.1) is 5.02 Å². The molecule has 0 aliphatic carbocycles. The number of rotatable bonds is 2. The number of hydrogen-bond donors (Lipinski definition) is 1. The summed E-state index contributed by atoms with van der Waals surface area (Å²) in [6.07, 6.45) is 3.66. The Morgan fingerprint density at radius 1 is 1.17 bits per heavy atom. The standard InChI is InChI=1S/C12H9ClN2O3/c13-9-1-7(2-10-12(9)18-6-17-10)11(16)8-3-14-5-15-4-8/h1-5,11,16H,6H2. The molecule has 0 saturated carbocycles. The molecule has 18 heavy (non-hydrogen) atoms. The van der Waals surface area contributed by atoms with Crippen molar-refractivity contribution < 1.29 is 14.6 Å².